The van der Waals surface area contributed by atoms with Gasteiger partial charge in [0.1, 0.15) is 10.9 Å². The van der Waals surface area contributed by atoms with Crippen molar-refractivity contribution in [1.82, 2.24) is 4.98 Å². The number of aliphatic carboxylic acids is 1. The number of hydrogen-bond donors (Lipinski definition) is 1. The van der Waals surface area contributed by atoms with E-state index < -0.39 is 17.2 Å². The number of nitrogens with zero attached hydrogens (tertiary/aromatic N) is 1. The molecule has 1 unspecified atom stereocenters. The first-order valence-corrected chi connectivity index (χ1v) is 5.36. The minimum absolute atomic E-state index is 0.171. The maximum atomic E-state index is 11.2. The normalized spacial score (nSPS) is 11.9. The van der Waals surface area contributed by atoms with Gasteiger partial charge in [-0.2, -0.15) is 0 Å². The fraction of sp³-hybridized carbons (Fsp3) is 0.300. The lowest BCUT2D eigenvalue weighted by Gasteiger charge is -2.06. The van der Waals surface area contributed by atoms with Crippen LogP contribution in [0.4, 0.5) is 0 Å². The molecule has 0 aliphatic rings. The summed E-state index contributed by atoms with van der Waals surface area (Å²) in [7, 11) is 1.27. The Bertz CT molecular complexity index is 408. The number of hydrogen-bond acceptors (Lipinski definition) is 5. The largest absolute Gasteiger partial charge is 0.480 e. The van der Waals surface area contributed by atoms with Crippen LogP contribution in [0.25, 0.3) is 0 Å². The molecule has 1 heterocycles. The van der Waals surface area contributed by atoms with Crippen LogP contribution in [-0.2, 0) is 9.53 Å². The van der Waals surface area contributed by atoms with E-state index in [9.17, 15) is 9.59 Å². The summed E-state index contributed by atoms with van der Waals surface area (Å²) in [6.45, 7) is 1.57. The number of carboxylic acids is 1. The van der Waals surface area contributed by atoms with Crippen molar-refractivity contribution in [2.24, 2.45) is 0 Å². The molecule has 1 rings (SSSR count). The number of ether oxygens (including phenoxy) is 1. The van der Waals surface area contributed by atoms with Gasteiger partial charge in [0.25, 0.3) is 0 Å². The molecule has 5 nitrogen and oxygen atoms in total. The number of rotatable bonds is 4. The Morgan fingerprint density at radius 3 is 2.81 bits per heavy atom. The van der Waals surface area contributed by atoms with E-state index in [0.717, 1.165) is 11.8 Å². The molecule has 0 aliphatic carbocycles. The van der Waals surface area contributed by atoms with Crippen molar-refractivity contribution in [3.05, 3.63) is 24.0 Å². The number of esters is 1. The van der Waals surface area contributed by atoms with E-state index in [1.165, 1.54) is 19.4 Å². The van der Waals surface area contributed by atoms with Crippen LogP contribution < -0.4 is 0 Å². The van der Waals surface area contributed by atoms with Crippen LogP contribution in [-0.4, -0.2) is 34.4 Å². The van der Waals surface area contributed by atoms with Gasteiger partial charge in [0.2, 0.25) is 0 Å². The third kappa shape index (κ3) is 3.23. The van der Waals surface area contributed by atoms with Crippen molar-refractivity contribution < 1.29 is 19.4 Å². The van der Waals surface area contributed by atoms with Gasteiger partial charge in [0.05, 0.1) is 7.11 Å². The van der Waals surface area contributed by atoms with Crippen molar-refractivity contribution in [3.63, 3.8) is 0 Å². The standard InChI is InChI=1S/C10H11NO4S/c1-6(9(12)13)16-7-3-4-11-8(5-7)10(14)15-2/h3-6H,1-2H3,(H,12,13). The molecule has 16 heavy (non-hydrogen) atoms. The molecule has 1 aromatic rings. The number of pyridine rings is 1. The maximum Gasteiger partial charge on any atom is 0.356 e. The van der Waals surface area contributed by atoms with Crippen LogP contribution in [0.2, 0.25) is 0 Å². The lowest BCUT2D eigenvalue weighted by molar-refractivity contribution is -0.136. The Hall–Kier alpha value is -1.56. The molecule has 86 valence electrons. The van der Waals surface area contributed by atoms with Gasteiger partial charge in [-0.1, -0.05) is 0 Å². The molecule has 0 aliphatic heterocycles. The van der Waals surface area contributed by atoms with Gasteiger partial charge in [-0.3, -0.25) is 4.79 Å². The van der Waals surface area contributed by atoms with Crippen molar-refractivity contribution in [2.45, 2.75) is 17.1 Å². The van der Waals surface area contributed by atoms with E-state index in [-0.39, 0.29) is 5.69 Å². The van der Waals surface area contributed by atoms with Crippen LogP contribution in [0, 0.1) is 0 Å². The molecule has 0 radical (unpaired) electrons. The highest BCUT2D eigenvalue weighted by molar-refractivity contribution is 8.00. The first-order chi connectivity index (χ1) is 7.54. The molecule has 1 N–H and O–H groups in total. The van der Waals surface area contributed by atoms with Gasteiger partial charge in [0.15, 0.2) is 0 Å². The summed E-state index contributed by atoms with van der Waals surface area (Å²) in [5, 5.41) is 8.16. The Morgan fingerprint density at radius 2 is 2.25 bits per heavy atom. The van der Waals surface area contributed by atoms with Gasteiger partial charge in [-0.25, -0.2) is 9.78 Å². The van der Waals surface area contributed by atoms with Crippen LogP contribution in [0.3, 0.4) is 0 Å². The summed E-state index contributed by atoms with van der Waals surface area (Å²) in [5.41, 5.74) is 0.171. The Labute approximate surface area is 96.8 Å². The minimum atomic E-state index is -0.901. The fourth-order valence-electron chi connectivity index (χ4n) is 0.955. The zero-order chi connectivity index (χ0) is 12.1. The molecule has 6 heteroatoms. The number of carbonyl (C=O) groups excluding carboxylic acids is 1. The van der Waals surface area contributed by atoms with Crippen molar-refractivity contribution in [2.75, 3.05) is 7.11 Å². The number of aromatic nitrogens is 1. The molecule has 1 aromatic heterocycles. The molecule has 0 fully saturated rings. The zero-order valence-electron chi connectivity index (χ0n) is 8.84. The predicted octanol–water partition coefficient (Wildman–Crippen LogP) is 1.43. The highest BCUT2D eigenvalue weighted by Gasteiger charge is 2.14. The lowest BCUT2D eigenvalue weighted by atomic mass is 10.3. The molecule has 0 saturated carbocycles. The second-order valence-corrected chi connectivity index (χ2v) is 4.38. The van der Waals surface area contributed by atoms with E-state index >= 15 is 0 Å². The summed E-state index contributed by atoms with van der Waals surface area (Å²) >= 11 is 1.15. The fourth-order valence-corrected chi connectivity index (χ4v) is 1.78. The molecular formula is C10H11NO4S. The van der Waals surface area contributed by atoms with Gasteiger partial charge < -0.3 is 9.84 Å². The Morgan fingerprint density at radius 1 is 1.56 bits per heavy atom. The van der Waals surface area contributed by atoms with Crippen LogP contribution >= 0.6 is 11.8 Å². The summed E-state index contributed by atoms with van der Waals surface area (Å²) in [5.74, 6) is -1.44. The highest BCUT2D eigenvalue weighted by Crippen LogP contribution is 2.23. The van der Waals surface area contributed by atoms with Crippen molar-refractivity contribution in [1.29, 1.82) is 0 Å². The van der Waals surface area contributed by atoms with Gasteiger partial charge >= 0.3 is 11.9 Å². The molecule has 1 atom stereocenters. The number of thioether (sulfide) groups is 1. The SMILES string of the molecule is COC(=O)c1cc(SC(C)C(=O)O)ccn1. The minimum Gasteiger partial charge on any atom is -0.480 e. The second-order valence-electron chi connectivity index (χ2n) is 2.97. The quantitative estimate of drug-likeness (QED) is 0.634. The predicted molar refractivity (Wildman–Crippen MR) is 58.5 cm³/mol. The Balaban J connectivity index is 2.82. The molecule has 0 bridgehead atoms. The first-order valence-electron chi connectivity index (χ1n) is 4.48. The van der Waals surface area contributed by atoms with E-state index in [1.807, 2.05) is 0 Å². The first kappa shape index (κ1) is 12.5. The molecule has 0 amide bonds. The number of carbonyl (C=O) groups is 2. The van der Waals surface area contributed by atoms with Gasteiger partial charge in [0, 0.05) is 11.1 Å². The molecule has 0 spiro atoms. The topological polar surface area (TPSA) is 76.5 Å². The average Bonchev–Trinajstić information content (AvgIpc) is 2.28. The average molecular weight is 241 g/mol. The van der Waals surface area contributed by atoms with E-state index in [2.05, 4.69) is 9.72 Å². The number of carboxylic acid groups (broad SMARTS) is 1. The molecule has 0 saturated heterocycles. The van der Waals surface area contributed by atoms with Gasteiger partial charge in [-0.15, -0.1) is 11.8 Å². The smallest absolute Gasteiger partial charge is 0.356 e. The van der Waals surface area contributed by atoms with Crippen molar-refractivity contribution in [3.8, 4) is 0 Å². The summed E-state index contributed by atoms with van der Waals surface area (Å²) in [6, 6.07) is 3.16. The summed E-state index contributed by atoms with van der Waals surface area (Å²) < 4.78 is 4.52. The van der Waals surface area contributed by atoms with Gasteiger partial charge in [-0.05, 0) is 19.1 Å². The zero-order valence-corrected chi connectivity index (χ0v) is 9.65. The van der Waals surface area contributed by atoms with Crippen molar-refractivity contribution >= 4 is 23.7 Å². The monoisotopic (exact) mass is 241 g/mol. The lowest BCUT2D eigenvalue weighted by Crippen LogP contribution is -2.11. The second kappa shape index (κ2) is 5.50. The third-order valence-corrected chi connectivity index (χ3v) is 2.87. The van der Waals surface area contributed by atoms with Crippen LogP contribution in [0.1, 0.15) is 17.4 Å². The van der Waals surface area contributed by atoms with Crippen LogP contribution in [0.15, 0.2) is 23.2 Å². The highest BCUT2D eigenvalue weighted by atomic mass is 32.2. The molecular weight excluding hydrogens is 230 g/mol. The Kier molecular flexibility index (Phi) is 4.30. The van der Waals surface area contributed by atoms with E-state index in [4.69, 9.17) is 5.11 Å². The molecule has 0 aromatic carbocycles. The summed E-state index contributed by atoms with van der Waals surface area (Å²) in [6.07, 6.45) is 1.45. The van der Waals surface area contributed by atoms with E-state index in [1.54, 1.807) is 13.0 Å². The third-order valence-electron chi connectivity index (χ3n) is 1.79. The van der Waals surface area contributed by atoms with Crippen LogP contribution in [0.5, 0.6) is 0 Å². The maximum absolute atomic E-state index is 11.2. The van der Waals surface area contributed by atoms with E-state index in [0.29, 0.717) is 4.90 Å². The summed E-state index contributed by atoms with van der Waals surface area (Å²) in [4.78, 5) is 26.3. The number of methoxy groups -OCH3 is 1.